The number of thiophene rings is 1. The molecule has 4 heteroatoms. The second kappa shape index (κ2) is 7.22. The summed E-state index contributed by atoms with van der Waals surface area (Å²) in [6, 6.07) is 14.2. The molecule has 2 rings (SSSR count). The first-order valence-corrected chi connectivity index (χ1v) is 7.58. The molecule has 1 aromatic carbocycles. The number of rotatable bonds is 6. The average Bonchev–Trinajstić information content (AvgIpc) is 2.92. The number of carbonyl (C=O) groups is 1. The van der Waals surface area contributed by atoms with Crippen molar-refractivity contribution in [3.05, 3.63) is 58.3 Å². The van der Waals surface area contributed by atoms with Crippen molar-refractivity contribution in [3.8, 4) is 0 Å². The zero-order chi connectivity index (χ0) is 14.4. The topological polar surface area (TPSA) is 32.3 Å². The summed E-state index contributed by atoms with van der Waals surface area (Å²) in [5, 5.41) is 5.09. The predicted octanol–water partition coefficient (Wildman–Crippen LogP) is 3.06. The van der Waals surface area contributed by atoms with Gasteiger partial charge < -0.3 is 5.32 Å². The lowest BCUT2D eigenvalue weighted by Crippen LogP contribution is -2.36. The summed E-state index contributed by atoms with van der Waals surface area (Å²) in [7, 11) is 1.96. The molecular weight excluding hydrogens is 268 g/mol. The van der Waals surface area contributed by atoms with Crippen molar-refractivity contribution in [3.63, 3.8) is 0 Å². The smallest absolute Gasteiger partial charge is 0.234 e. The average molecular weight is 288 g/mol. The number of amides is 1. The molecule has 0 aliphatic heterocycles. The van der Waals surface area contributed by atoms with Gasteiger partial charge in [-0.05, 0) is 31.0 Å². The largest absolute Gasteiger partial charge is 0.348 e. The van der Waals surface area contributed by atoms with Crippen LogP contribution in [0.2, 0.25) is 0 Å². The highest BCUT2D eigenvalue weighted by Crippen LogP contribution is 2.12. The summed E-state index contributed by atoms with van der Waals surface area (Å²) in [5.41, 5.74) is 1.13. The van der Waals surface area contributed by atoms with Gasteiger partial charge in [0, 0.05) is 11.4 Å². The monoisotopic (exact) mass is 288 g/mol. The Bertz CT molecular complexity index is 525. The molecule has 0 bridgehead atoms. The lowest BCUT2D eigenvalue weighted by atomic mass is 10.1. The number of hydrogen-bond donors (Lipinski definition) is 1. The van der Waals surface area contributed by atoms with E-state index >= 15 is 0 Å². The molecule has 0 aliphatic carbocycles. The van der Waals surface area contributed by atoms with E-state index in [-0.39, 0.29) is 11.9 Å². The van der Waals surface area contributed by atoms with Crippen molar-refractivity contribution in [2.75, 3.05) is 13.6 Å². The fourth-order valence-electron chi connectivity index (χ4n) is 2.08. The first-order chi connectivity index (χ1) is 9.65. The fourth-order valence-corrected chi connectivity index (χ4v) is 2.87. The van der Waals surface area contributed by atoms with Crippen molar-refractivity contribution in [2.24, 2.45) is 0 Å². The number of nitrogens with zero attached hydrogens (tertiary/aromatic N) is 1. The summed E-state index contributed by atoms with van der Waals surface area (Å²) < 4.78 is 0. The van der Waals surface area contributed by atoms with Gasteiger partial charge in [-0.2, -0.15) is 0 Å². The SMILES string of the molecule is C[C@@H](NC(=O)CN(C)Cc1cccs1)c1ccccc1. The molecule has 0 aliphatic rings. The molecule has 0 unspecified atom stereocenters. The van der Waals surface area contributed by atoms with Crippen LogP contribution in [-0.2, 0) is 11.3 Å². The van der Waals surface area contributed by atoms with Crippen LogP contribution in [0.3, 0.4) is 0 Å². The van der Waals surface area contributed by atoms with E-state index in [0.717, 1.165) is 12.1 Å². The standard InChI is InChI=1S/C16H20N2OS/c1-13(14-7-4-3-5-8-14)17-16(19)12-18(2)11-15-9-6-10-20-15/h3-10,13H,11-12H2,1-2H3,(H,17,19)/t13-/m1/s1. The third kappa shape index (κ3) is 4.47. The van der Waals surface area contributed by atoms with Gasteiger partial charge >= 0.3 is 0 Å². The van der Waals surface area contributed by atoms with Gasteiger partial charge in [0.05, 0.1) is 12.6 Å². The van der Waals surface area contributed by atoms with Crippen LogP contribution < -0.4 is 5.32 Å². The van der Waals surface area contributed by atoms with Gasteiger partial charge in [-0.3, -0.25) is 9.69 Å². The minimum Gasteiger partial charge on any atom is -0.348 e. The molecule has 1 atom stereocenters. The van der Waals surface area contributed by atoms with Crippen molar-refractivity contribution < 1.29 is 4.79 Å². The lowest BCUT2D eigenvalue weighted by Gasteiger charge is -2.18. The van der Waals surface area contributed by atoms with Crippen molar-refractivity contribution >= 4 is 17.2 Å². The van der Waals surface area contributed by atoms with Crippen LogP contribution in [0.4, 0.5) is 0 Å². The normalized spacial score (nSPS) is 12.3. The van der Waals surface area contributed by atoms with Gasteiger partial charge in [-0.15, -0.1) is 11.3 Å². The molecule has 3 nitrogen and oxygen atoms in total. The van der Waals surface area contributed by atoms with Crippen LogP contribution in [0.5, 0.6) is 0 Å². The minimum absolute atomic E-state index is 0.0406. The third-order valence-electron chi connectivity index (χ3n) is 3.10. The number of nitrogens with one attached hydrogen (secondary N) is 1. The number of hydrogen-bond acceptors (Lipinski definition) is 3. The quantitative estimate of drug-likeness (QED) is 0.886. The van der Waals surface area contributed by atoms with E-state index in [0.29, 0.717) is 6.54 Å². The van der Waals surface area contributed by atoms with E-state index in [1.165, 1.54) is 4.88 Å². The van der Waals surface area contributed by atoms with Gasteiger partial charge in [0.2, 0.25) is 5.91 Å². The Labute approximate surface area is 124 Å². The summed E-state index contributed by atoms with van der Waals surface area (Å²) in [6.07, 6.45) is 0. The van der Waals surface area contributed by atoms with Gasteiger partial charge in [-0.1, -0.05) is 36.4 Å². The minimum atomic E-state index is 0.0406. The molecule has 1 amide bonds. The van der Waals surface area contributed by atoms with Crippen molar-refractivity contribution in [1.29, 1.82) is 0 Å². The summed E-state index contributed by atoms with van der Waals surface area (Å²) >= 11 is 1.72. The molecule has 0 saturated carbocycles. The molecule has 1 N–H and O–H groups in total. The Hall–Kier alpha value is -1.65. The van der Waals surface area contributed by atoms with E-state index in [1.54, 1.807) is 11.3 Å². The molecule has 0 fully saturated rings. The van der Waals surface area contributed by atoms with Gasteiger partial charge in [0.25, 0.3) is 0 Å². The lowest BCUT2D eigenvalue weighted by molar-refractivity contribution is -0.122. The Morgan fingerprint density at radius 1 is 1.25 bits per heavy atom. The molecule has 1 aromatic heterocycles. The number of carbonyl (C=O) groups excluding carboxylic acids is 1. The van der Waals surface area contributed by atoms with Gasteiger partial charge in [0.1, 0.15) is 0 Å². The Balaban J connectivity index is 1.80. The third-order valence-corrected chi connectivity index (χ3v) is 3.96. The molecule has 20 heavy (non-hydrogen) atoms. The Morgan fingerprint density at radius 2 is 2.00 bits per heavy atom. The first-order valence-electron chi connectivity index (χ1n) is 6.70. The zero-order valence-corrected chi connectivity index (χ0v) is 12.7. The van der Waals surface area contributed by atoms with Gasteiger partial charge in [0.15, 0.2) is 0 Å². The van der Waals surface area contributed by atoms with E-state index in [2.05, 4.69) is 16.8 Å². The molecular formula is C16H20N2OS. The second-order valence-corrected chi connectivity index (χ2v) is 5.98. The molecule has 0 saturated heterocycles. The van der Waals surface area contributed by atoms with Crippen molar-refractivity contribution in [1.82, 2.24) is 10.2 Å². The fraction of sp³-hybridized carbons (Fsp3) is 0.312. The summed E-state index contributed by atoms with van der Waals surface area (Å²) in [6.45, 7) is 3.23. The maximum atomic E-state index is 12.0. The Kier molecular flexibility index (Phi) is 5.32. The molecule has 106 valence electrons. The van der Waals surface area contributed by atoms with Crippen LogP contribution in [0.15, 0.2) is 47.8 Å². The highest BCUT2D eigenvalue weighted by Gasteiger charge is 2.11. The van der Waals surface area contributed by atoms with Crippen LogP contribution in [-0.4, -0.2) is 24.4 Å². The predicted molar refractivity (Wildman–Crippen MR) is 83.7 cm³/mol. The van der Waals surface area contributed by atoms with Crippen LogP contribution in [0.1, 0.15) is 23.4 Å². The van der Waals surface area contributed by atoms with E-state index in [4.69, 9.17) is 0 Å². The van der Waals surface area contributed by atoms with Crippen LogP contribution in [0.25, 0.3) is 0 Å². The first kappa shape index (κ1) is 14.8. The molecule has 1 heterocycles. The van der Waals surface area contributed by atoms with E-state index in [9.17, 15) is 4.79 Å². The maximum Gasteiger partial charge on any atom is 0.234 e. The highest BCUT2D eigenvalue weighted by atomic mass is 32.1. The zero-order valence-electron chi connectivity index (χ0n) is 11.9. The molecule has 2 aromatic rings. The van der Waals surface area contributed by atoms with E-state index < -0.39 is 0 Å². The van der Waals surface area contributed by atoms with Crippen LogP contribution in [0, 0.1) is 0 Å². The summed E-state index contributed by atoms with van der Waals surface area (Å²) in [4.78, 5) is 15.3. The Morgan fingerprint density at radius 3 is 2.65 bits per heavy atom. The second-order valence-electron chi connectivity index (χ2n) is 4.95. The number of benzene rings is 1. The highest BCUT2D eigenvalue weighted by molar-refractivity contribution is 7.09. The molecule has 0 radical (unpaired) electrons. The van der Waals surface area contributed by atoms with Crippen LogP contribution >= 0.6 is 11.3 Å². The van der Waals surface area contributed by atoms with E-state index in [1.807, 2.05) is 55.3 Å². The molecule has 0 spiro atoms. The maximum absolute atomic E-state index is 12.0. The number of likely N-dealkylation sites (N-methyl/N-ethyl adjacent to an activating group) is 1. The van der Waals surface area contributed by atoms with Gasteiger partial charge in [-0.25, -0.2) is 0 Å². The van der Waals surface area contributed by atoms with Crippen molar-refractivity contribution in [2.45, 2.75) is 19.5 Å². The summed E-state index contributed by atoms with van der Waals surface area (Å²) in [5.74, 6) is 0.0559.